The van der Waals surface area contributed by atoms with Gasteiger partial charge in [-0.3, -0.25) is 4.79 Å². The zero-order valence-corrected chi connectivity index (χ0v) is 12.6. The first-order valence-corrected chi connectivity index (χ1v) is 7.62. The molecule has 2 aliphatic heterocycles. The van der Waals surface area contributed by atoms with Crippen molar-refractivity contribution >= 4 is 27.5 Å². The molecular formula is C14H17BrN2O3. The fraction of sp³-hybridized carbons (Fsp3) is 0.500. The minimum Gasteiger partial charge on any atom is -0.482 e. The Hall–Kier alpha value is -1.11. The number of anilines is 1. The number of fused-ring (bicyclic) bond motifs is 1. The molecule has 20 heavy (non-hydrogen) atoms. The summed E-state index contributed by atoms with van der Waals surface area (Å²) in [6, 6.07) is 3.66. The molecule has 1 fully saturated rings. The largest absolute Gasteiger partial charge is 0.482 e. The quantitative estimate of drug-likeness (QED) is 0.769. The first-order chi connectivity index (χ1) is 9.65. The number of amides is 1. The number of benzene rings is 1. The highest BCUT2D eigenvalue weighted by molar-refractivity contribution is 9.10. The molecule has 6 heteroatoms. The van der Waals surface area contributed by atoms with Crippen LogP contribution in [-0.4, -0.2) is 30.2 Å². The number of hydrogen-bond donors (Lipinski definition) is 3. The summed E-state index contributed by atoms with van der Waals surface area (Å²) in [7, 11) is 0. The zero-order chi connectivity index (χ0) is 14.1. The molecule has 2 aliphatic rings. The van der Waals surface area contributed by atoms with E-state index in [4.69, 9.17) is 4.74 Å². The minimum absolute atomic E-state index is 0.0197. The molecule has 0 spiro atoms. The van der Waals surface area contributed by atoms with Gasteiger partial charge in [0.25, 0.3) is 5.91 Å². The van der Waals surface area contributed by atoms with Gasteiger partial charge in [0.15, 0.2) is 6.61 Å². The van der Waals surface area contributed by atoms with Gasteiger partial charge >= 0.3 is 0 Å². The van der Waals surface area contributed by atoms with Gasteiger partial charge in [0.05, 0.1) is 11.8 Å². The zero-order valence-electron chi connectivity index (χ0n) is 11.0. The topological polar surface area (TPSA) is 70.6 Å². The number of hydrogen-bond acceptors (Lipinski definition) is 4. The van der Waals surface area contributed by atoms with E-state index in [1.807, 2.05) is 0 Å². The molecule has 1 aromatic rings. The molecular weight excluding hydrogens is 324 g/mol. The Balaban J connectivity index is 1.87. The van der Waals surface area contributed by atoms with Crippen LogP contribution in [0.2, 0.25) is 0 Å². The van der Waals surface area contributed by atoms with Gasteiger partial charge in [-0.2, -0.15) is 0 Å². The van der Waals surface area contributed by atoms with Gasteiger partial charge in [-0.15, -0.1) is 0 Å². The minimum atomic E-state index is -0.587. The van der Waals surface area contributed by atoms with Crippen molar-refractivity contribution < 1.29 is 14.6 Å². The number of ether oxygens (including phenoxy) is 1. The van der Waals surface area contributed by atoms with E-state index < -0.39 is 6.10 Å². The molecule has 0 aliphatic carbocycles. The molecule has 3 N–H and O–H groups in total. The smallest absolute Gasteiger partial charge is 0.262 e. The van der Waals surface area contributed by atoms with Crippen molar-refractivity contribution in [2.75, 3.05) is 18.5 Å². The number of aliphatic hydroxyl groups is 1. The van der Waals surface area contributed by atoms with Gasteiger partial charge in [0, 0.05) is 16.1 Å². The van der Waals surface area contributed by atoms with Crippen molar-refractivity contribution in [2.45, 2.75) is 31.4 Å². The summed E-state index contributed by atoms with van der Waals surface area (Å²) in [6.07, 6.45) is 2.66. The second kappa shape index (κ2) is 5.71. The lowest BCUT2D eigenvalue weighted by atomic mass is 9.94. The molecule has 2 heterocycles. The lowest BCUT2D eigenvalue weighted by Crippen LogP contribution is -2.39. The molecule has 2 unspecified atom stereocenters. The number of carbonyl (C=O) groups excluding carboxylic acids is 1. The maximum Gasteiger partial charge on any atom is 0.262 e. The molecule has 0 saturated carbocycles. The Morgan fingerprint density at radius 2 is 2.25 bits per heavy atom. The molecule has 3 rings (SSSR count). The van der Waals surface area contributed by atoms with Gasteiger partial charge in [0.2, 0.25) is 0 Å². The Labute approximate surface area is 125 Å². The van der Waals surface area contributed by atoms with Crippen molar-refractivity contribution in [3.63, 3.8) is 0 Å². The second-order valence-electron chi connectivity index (χ2n) is 5.21. The van der Waals surface area contributed by atoms with Gasteiger partial charge in [-0.05, 0) is 31.5 Å². The number of rotatable bonds is 2. The molecule has 0 radical (unpaired) electrons. The molecule has 1 aromatic carbocycles. The lowest BCUT2D eigenvalue weighted by molar-refractivity contribution is -0.118. The third kappa shape index (κ3) is 2.68. The Morgan fingerprint density at radius 3 is 3.00 bits per heavy atom. The Kier molecular flexibility index (Phi) is 3.96. The van der Waals surface area contributed by atoms with E-state index in [0.717, 1.165) is 35.8 Å². The Bertz CT molecular complexity index is 529. The predicted molar refractivity (Wildman–Crippen MR) is 78.9 cm³/mol. The molecule has 108 valence electrons. The monoisotopic (exact) mass is 340 g/mol. The number of carbonyl (C=O) groups is 1. The maximum atomic E-state index is 11.3. The summed E-state index contributed by atoms with van der Waals surface area (Å²) >= 11 is 3.47. The van der Waals surface area contributed by atoms with Crippen LogP contribution in [0.5, 0.6) is 5.75 Å². The van der Waals surface area contributed by atoms with Crippen molar-refractivity contribution in [3.8, 4) is 5.75 Å². The van der Waals surface area contributed by atoms with Crippen LogP contribution in [0.15, 0.2) is 16.6 Å². The number of piperidine rings is 1. The Morgan fingerprint density at radius 1 is 1.40 bits per heavy atom. The molecule has 0 bridgehead atoms. The first-order valence-electron chi connectivity index (χ1n) is 6.82. The summed E-state index contributed by atoms with van der Waals surface area (Å²) in [5, 5.41) is 16.6. The summed E-state index contributed by atoms with van der Waals surface area (Å²) in [5.41, 5.74) is 1.43. The van der Waals surface area contributed by atoms with Crippen molar-refractivity contribution in [1.82, 2.24) is 5.32 Å². The van der Waals surface area contributed by atoms with Crippen LogP contribution in [0.25, 0.3) is 0 Å². The van der Waals surface area contributed by atoms with E-state index in [9.17, 15) is 9.90 Å². The number of halogens is 1. The van der Waals surface area contributed by atoms with Crippen LogP contribution in [0.4, 0.5) is 5.69 Å². The summed E-state index contributed by atoms with van der Waals surface area (Å²) < 4.78 is 6.18. The van der Waals surface area contributed by atoms with Crippen LogP contribution >= 0.6 is 15.9 Å². The van der Waals surface area contributed by atoms with E-state index in [1.165, 1.54) is 0 Å². The first kappa shape index (κ1) is 13.9. The standard InChI is InChI=1S/C14H17BrN2O3/c15-9-6-11-12(20-7-13(18)17-11)5-8(9)14(19)10-3-1-2-4-16-10/h5-6,10,14,16,19H,1-4,7H2,(H,17,18). The normalized spacial score (nSPS) is 23.5. The maximum absolute atomic E-state index is 11.3. The lowest BCUT2D eigenvalue weighted by Gasteiger charge is -2.29. The van der Waals surface area contributed by atoms with Crippen LogP contribution in [0, 0.1) is 0 Å². The average Bonchev–Trinajstić information content (AvgIpc) is 2.46. The highest BCUT2D eigenvalue weighted by atomic mass is 79.9. The van der Waals surface area contributed by atoms with E-state index in [1.54, 1.807) is 12.1 Å². The predicted octanol–water partition coefficient (Wildman–Crippen LogP) is 1.96. The number of aliphatic hydroxyl groups excluding tert-OH is 1. The van der Waals surface area contributed by atoms with E-state index >= 15 is 0 Å². The third-order valence-electron chi connectivity index (χ3n) is 3.78. The van der Waals surface area contributed by atoms with Crippen LogP contribution in [0.1, 0.15) is 30.9 Å². The van der Waals surface area contributed by atoms with E-state index in [2.05, 4.69) is 26.6 Å². The van der Waals surface area contributed by atoms with E-state index in [0.29, 0.717) is 11.4 Å². The second-order valence-corrected chi connectivity index (χ2v) is 6.06. The van der Waals surface area contributed by atoms with Crippen molar-refractivity contribution in [2.24, 2.45) is 0 Å². The fourth-order valence-electron chi connectivity index (χ4n) is 2.71. The van der Waals surface area contributed by atoms with Crippen molar-refractivity contribution in [3.05, 3.63) is 22.2 Å². The SMILES string of the molecule is O=C1COc2cc(C(O)C3CCCCN3)c(Br)cc2N1. The highest BCUT2D eigenvalue weighted by Gasteiger charge is 2.26. The summed E-state index contributed by atoms with van der Waals surface area (Å²) in [5.74, 6) is 0.448. The fourth-order valence-corrected chi connectivity index (χ4v) is 3.29. The summed E-state index contributed by atoms with van der Waals surface area (Å²) in [4.78, 5) is 11.3. The average molecular weight is 341 g/mol. The highest BCUT2D eigenvalue weighted by Crippen LogP contribution is 2.37. The van der Waals surface area contributed by atoms with Gasteiger partial charge in [0.1, 0.15) is 5.75 Å². The molecule has 0 aromatic heterocycles. The van der Waals surface area contributed by atoms with Crippen molar-refractivity contribution in [1.29, 1.82) is 0 Å². The third-order valence-corrected chi connectivity index (χ3v) is 4.47. The van der Waals surface area contributed by atoms with Gasteiger partial charge in [-0.1, -0.05) is 22.4 Å². The number of nitrogens with one attached hydrogen (secondary N) is 2. The molecule has 2 atom stereocenters. The van der Waals surface area contributed by atoms with Gasteiger partial charge < -0.3 is 20.5 Å². The molecule has 1 amide bonds. The molecule has 1 saturated heterocycles. The van der Waals surface area contributed by atoms with Crippen LogP contribution in [0.3, 0.4) is 0 Å². The molecule has 5 nitrogen and oxygen atoms in total. The summed E-state index contributed by atoms with van der Waals surface area (Å²) in [6.45, 7) is 0.961. The van der Waals surface area contributed by atoms with Crippen LogP contribution < -0.4 is 15.4 Å². The van der Waals surface area contributed by atoms with E-state index in [-0.39, 0.29) is 18.6 Å². The van der Waals surface area contributed by atoms with Crippen LogP contribution in [-0.2, 0) is 4.79 Å². The van der Waals surface area contributed by atoms with Gasteiger partial charge in [-0.25, -0.2) is 0 Å².